The van der Waals surface area contributed by atoms with Crippen LogP contribution in [0, 0.1) is 0 Å². The molecular formula is C51H94N2O14. The molecule has 6 atom stereocenters. The second-order valence-corrected chi connectivity index (χ2v) is 18.4. The van der Waals surface area contributed by atoms with Gasteiger partial charge in [0.05, 0.1) is 12.2 Å². The summed E-state index contributed by atoms with van der Waals surface area (Å²) in [5.41, 5.74) is 11.0. The zero-order chi connectivity index (χ0) is 49.9. The molecule has 0 aromatic rings. The summed E-state index contributed by atoms with van der Waals surface area (Å²) >= 11 is 0. The molecule has 6 unspecified atom stereocenters. The highest BCUT2D eigenvalue weighted by atomic mass is 16.7. The van der Waals surface area contributed by atoms with Crippen LogP contribution in [-0.4, -0.2) is 99.5 Å². The Morgan fingerprint density at radius 3 is 0.970 bits per heavy atom. The number of carboxylic acids is 2. The van der Waals surface area contributed by atoms with Crippen LogP contribution in [0.2, 0.25) is 0 Å². The number of carbonyl (C=O) groups is 6. The number of esters is 4. The number of ether oxygens (including phenoxy) is 4. The third kappa shape index (κ3) is 39.2. The first-order valence-corrected chi connectivity index (χ1v) is 26.2. The minimum absolute atomic E-state index is 0.176. The van der Waals surface area contributed by atoms with Gasteiger partial charge in [-0.3, -0.25) is 28.8 Å². The second kappa shape index (κ2) is 43.9. The first-order chi connectivity index (χ1) is 32.2. The lowest BCUT2D eigenvalue weighted by Crippen LogP contribution is -2.31. The number of hydrogen-bond acceptors (Lipinski definition) is 14. The number of nitrogens with two attached hydrogens (primary N) is 2. The first-order valence-electron chi connectivity index (χ1n) is 26.2. The van der Waals surface area contributed by atoms with Gasteiger partial charge in [-0.15, -0.1) is 0 Å². The van der Waals surface area contributed by atoms with Gasteiger partial charge in [-0.05, 0) is 77.0 Å². The van der Waals surface area contributed by atoms with E-state index in [-0.39, 0.29) is 56.4 Å². The van der Waals surface area contributed by atoms with E-state index in [1.165, 1.54) is 0 Å². The fourth-order valence-corrected chi connectivity index (χ4v) is 7.86. The Bertz CT molecular complexity index is 1190. The summed E-state index contributed by atoms with van der Waals surface area (Å²) in [5.74, 6) is -3.59. The van der Waals surface area contributed by atoms with Gasteiger partial charge in [0.2, 0.25) is 6.79 Å². The van der Waals surface area contributed by atoms with Gasteiger partial charge in [0, 0.05) is 25.7 Å². The van der Waals surface area contributed by atoms with Crippen LogP contribution >= 0.6 is 0 Å². The van der Waals surface area contributed by atoms with Crippen LogP contribution in [0.5, 0.6) is 0 Å². The summed E-state index contributed by atoms with van der Waals surface area (Å²) < 4.78 is 21.5. The van der Waals surface area contributed by atoms with Crippen molar-refractivity contribution in [3.05, 3.63) is 0 Å². The van der Waals surface area contributed by atoms with Crippen molar-refractivity contribution in [3.8, 4) is 0 Å². The third-order valence-electron chi connectivity index (χ3n) is 12.2. The molecule has 0 bridgehead atoms. The van der Waals surface area contributed by atoms with Crippen molar-refractivity contribution in [1.29, 1.82) is 0 Å². The Hall–Kier alpha value is -3.34. The van der Waals surface area contributed by atoms with Crippen LogP contribution < -0.4 is 11.5 Å². The molecule has 8 N–H and O–H groups in total. The van der Waals surface area contributed by atoms with Crippen molar-refractivity contribution < 1.29 is 68.1 Å². The van der Waals surface area contributed by atoms with E-state index in [4.69, 9.17) is 40.6 Å². The number of hydrogen-bond donors (Lipinski definition) is 6. The highest BCUT2D eigenvalue weighted by Crippen LogP contribution is 2.21. The molecule has 0 aliphatic carbocycles. The Kier molecular flexibility index (Phi) is 41.7. The minimum atomic E-state index is -1.05. The molecule has 0 radical (unpaired) electrons. The van der Waals surface area contributed by atoms with E-state index in [0.717, 1.165) is 128 Å². The summed E-state index contributed by atoms with van der Waals surface area (Å²) in [6, 6.07) is -1.86. The maximum atomic E-state index is 12.4. The highest BCUT2D eigenvalue weighted by Gasteiger charge is 2.24. The van der Waals surface area contributed by atoms with Gasteiger partial charge in [-0.2, -0.15) is 0 Å². The van der Waals surface area contributed by atoms with Gasteiger partial charge >= 0.3 is 35.8 Å². The van der Waals surface area contributed by atoms with Crippen LogP contribution in [0.25, 0.3) is 0 Å². The van der Waals surface area contributed by atoms with Crippen molar-refractivity contribution in [2.45, 2.75) is 281 Å². The topological polar surface area (TPSA) is 272 Å². The van der Waals surface area contributed by atoms with Crippen molar-refractivity contribution in [2.75, 3.05) is 6.79 Å². The van der Waals surface area contributed by atoms with Gasteiger partial charge in [0.25, 0.3) is 0 Å². The smallest absolute Gasteiger partial charge is 0.320 e. The van der Waals surface area contributed by atoms with E-state index in [0.29, 0.717) is 77.0 Å². The molecule has 67 heavy (non-hydrogen) atoms. The molecule has 0 aliphatic heterocycles. The van der Waals surface area contributed by atoms with Gasteiger partial charge in [0.15, 0.2) is 0 Å². The number of aliphatic hydroxyl groups is 2. The molecule has 0 rings (SSSR count). The van der Waals surface area contributed by atoms with Crippen LogP contribution in [-0.2, 0) is 47.7 Å². The third-order valence-corrected chi connectivity index (χ3v) is 12.2. The highest BCUT2D eigenvalue weighted by molar-refractivity contribution is 5.73. The average Bonchev–Trinajstić information content (AvgIpc) is 3.29. The summed E-state index contributed by atoms with van der Waals surface area (Å²) in [4.78, 5) is 70.7. The number of carboxylic acid groups (broad SMARTS) is 2. The maximum absolute atomic E-state index is 12.4. The number of aliphatic hydroxyl groups excluding tert-OH is 2. The fraction of sp³-hybridized carbons (Fsp3) is 0.882. The first kappa shape index (κ1) is 63.7. The number of unbranched alkanes of at least 4 members (excludes halogenated alkanes) is 20. The van der Waals surface area contributed by atoms with E-state index in [2.05, 4.69) is 13.8 Å². The monoisotopic (exact) mass is 959 g/mol. The Balaban J connectivity index is 3.94. The van der Waals surface area contributed by atoms with Gasteiger partial charge in [-0.25, -0.2) is 0 Å². The average molecular weight is 959 g/mol. The van der Waals surface area contributed by atoms with Crippen molar-refractivity contribution in [3.63, 3.8) is 0 Å². The lowest BCUT2D eigenvalue weighted by atomic mass is 9.99. The molecule has 392 valence electrons. The summed E-state index contributed by atoms with van der Waals surface area (Å²) in [6.07, 6.45) is 24.4. The predicted molar refractivity (Wildman–Crippen MR) is 258 cm³/mol. The SMILES string of the molecule is CCCCCC(OC(=O)CCCCC(N)C(=O)O)C(O)CCCCCCCCCCC(=O)OCOC(=O)CCCCCCCCCCC(O)C(CCCCC)OC(=O)CCCCC(N)C(=O)O. The molecular weight excluding hydrogens is 865 g/mol. The van der Waals surface area contributed by atoms with E-state index in [9.17, 15) is 39.0 Å². The lowest BCUT2D eigenvalue weighted by molar-refractivity contribution is -0.167. The quantitative estimate of drug-likeness (QED) is 0.0143. The van der Waals surface area contributed by atoms with Crippen molar-refractivity contribution in [1.82, 2.24) is 0 Å². The number of carbonyl (C=O) groups excluding carboxylic acids is 4. The van der Waals surface area contributed by atoms with Gasteiger partial charge in [0.1, 0.15) is 24.3 Å². The Morgan fingerprint density at radius 2 is 0.642 bits per heavy atom. The Morgan fingerprint density at radius 1 is 0.373 bits per heavy atom. The lowest BCUT2D eigenvalue weighted by Gasteiger charge is -2.23. The summed E-state index contributed by atoms with van der Waals surface area (Å²) in [5, 5.41) is 39.4. The molecule has 0 aliphatic rings. The standard InChI is InChI=1S/C51H94N2O14/c1-3-5-19-33-44(66-48(58)37-27-25-29-40(52)50(60)61)42(54)31-21-15-11-7-9-13-17-23-35-46(56)64-39-65-47(57)36-24-18-14-10-8-12-16-22-32-43(55)45(34-20-6-4-2)67-49(59)38-28-26-30-41(53)51(62)63/h40-45,54-55H,3-39,52-53H2,1-2H3,(H,60,61)(H,62,63). The molecule has 16 heteroatoms. The Labute approximate surface area is 402 Å². The molecule has 0 spiro atoms. The van der Waals surface area contributed by atoms with Gasteiger partial charge < -0.3 is 50.8 Å². The molecule has 0 aromatic heterocycles. The largest absolute Gasteiger partial charge is 0.480 e. The van der Waals surface area contributed by atoms with E-state index in [1.807, 2.05) is 0 Å². The summed E-state index contributed by atoms with van der Waals surface area (Å²) in [6.45, 7) is 3.83. The van der Waals surface area contributed by atoms with E-state index >= 15 is 0 Å². The van der Waals surface area contributed by atoms with Crippen LogP contribution in [0.4, 0.5) is 0 Å². The fourth-order valence-electron chi connectivity index (χ4n) is 7.86. The number of rotatable bonds is 48. The molecule has 0 saturated carbocycles. The van der Waals surface area contributed by atoms with Gasteiger partial charge in [-0.1, -0.05) is 142 Å². The molecule has 0 saturated heterocycles. The van der Waals surface area contributed by atoms with Crippen LogP contribution in [0.15, 0.2) is 0 Å². The maximum Gasteiger partial charge on any atom is 0.320 e. The van der Waals surface area contributed by atoms with Crippen molar-refractivity contribution >= 4 is 35.8 Å². The van der Waals surface area contributed by atoms with Crippen molar-refractivity contribution in [2.24, 2.45) is 11.5 Å². The molecule has 0 heterocycles. The molecule has 16 nitrogen and oxygen atoms in total. The van der Waals surface area contributed by atoms with Crippen LogP contribution in [0.1, 0.15) is 245 Å². The van der Waals surface area contributed by atoms with E-state index < -0.39 is 48.4 Å². The predicted octanol–water partition coefficient (Wildman–Crippen LogP) is 9.48. The second-order valence-electron chi connectivity index (χ2n) is 18.4. The normalized spacial score (nSPS) is 14.1. The zero-order valence-corrected chi connectivity index (χ0v) is 41.7. The minimum Gasteiger partial charge on any atom is -0.480 e. The summed E-state index contributed by atoms with van der Waals surface area (Å²) in [7, 11) is 0. The molecule has 0 fully saturated rings. The van der Waals surface area contributed by atoms with Crippen LogP contribution in [0.3, 0.4) is 0 Å². The molecule has 0 amide bonds. The zero-order valence-electron chi connectivity index (χ0n) is 41.7. The number of aliphatic carboxylic acids is 2. The van der Waals surface area contributed by atoms with E-state index in [1.54, 1.807) is 0 Å². The molecule has 0 aromatic carbocycles.